The summed E-state index contributed by atoms with van der Waals surface area (Å²) < 4.78 is 2.02. The summed E-state index contributed by atoms with van der Waals surface area (Å²) >= 11 is 1.55. The van der Waals surface area contributed by atoms with E-state index in [1.165, 1.54) is 0 Å². The van der Waals surface area contributed by atoms with Gasteiger partial charge in [0.25, 0.3) is 0 Å². The van der Waals surface area contributed by atoms with E-state index in [1.54, 1.807) is 11.3 Å². The number of pyridine rings is 1. The summed E-state index contributed by atoms with van der Waals surface area (Å²) in [6.45, 7) is 3.99. The monoisotopic (exact) mass is 362 g/mol. The molecule has 130 valence electrons. The van der Waals surface area contributed by atoms with E-state index in [2.05, 4.69) is 23.3 Å². The van der Waals surface area contributed by atoms with E-state index >= 15 is 0 Å². The van der Waals surface area contributed by atoms with E-state index in [1.807, 2.05) is 59.4 Å². The largest absolute Gasteiger partial charge is 0.326 e. The predicted octanol–water partition coefficient (Wildman–Crippen LogP) is 4.26. The van der Waals surface area contributed by atoms with Gasteiger partial charge in [0.2, 0.25) is 5.91 Å². The fourth-order valence-corrected chi connectivity index (χ4v) is 3.49. The number of rotatable bonds is 4. The second kappa shape index (κ2) is 6.72. The first kappa shape index (κ1) is 16.5. The topological polar surface area (TPSA) is 59.3 Å². The molecule has 1 aromatic carbocycles. The molecule has 1 N–H and O–H groups in total. The minimum atomic E-state index is -0.0635. The Hall–Kier alpha value is -2.99. The van der Waals surface area contributed by atoms with Crippen LogP contribution < -0.4 is 5.32 Å². The molecule has 0 atom stereocenters. The first-order valence-corrected chi connectivity index (χ1v) is 9.22. The lowest BCUT2D eigenvalue weighted by Gasteiger charge is -2.05. The van der Waals surface area contributed by atoms with Crippen molar-refractivity contribution in [2.24, 2.45) is 0 Å². The van der Waals surface area contributed by atoms with Crippen molar-refractivity contribution in [3.63, 3.8) is 0 Å². The Balaban J connectivity index is 1.49. The van der Waals surface area contributed by atoms with E-state index in [4.69, 9.17) is 4.98 Å². The molecule has 3 heterocycles. The average Bonchev–Trinajstić information content (AvgIpc) is 3.22. The number of imidazole rings is 1. The standard InChI is InChI=1S/C20H18N4OS/c1-13-4-3-9-24-11-18(23-20(13)24)15-5-7-16(8-6-15)22-19(25)10-17-12-26-14(2)21-17/h3-9,11-12H,10H2,1-2H3,(H,22,25). The van der Waals surface area contributed by atoms with Crippen molar-refractivity contribution in [2.75, 3.05) is 5.32 Å². The van der Waals surface area contributed by atoms with Crippen molar-refractivity contribution in [2.45, 2.75) is 20.3 Å². The second-order valence-electron chi connectivity index (χ2n) is 6.21. The highest BCUT2D eigenvalue weighted by molar-refractivity contribution is 7.09. The molecule has 0 spiro atoms. The number of carbonyl (C=O) groups excluding carboxylic acids is 1. The van der Waals surface area contributed by atoms with Crippen LogP contribution >= 0.6 is 11.3 Å². The van der Waals surface area contributed by atoms with Gasteiger partial charge >= 0.3 is 0 Å². The lowest BCUT2D eigenvalue weighted by Crippen LogP contribution is -2.14. The molecule has 0 fully saturated rings. The van der Waals surface area contributed by atoms with E-state index in [-0.39, 0.29) is 12.3 Å². The zero-order chi connectivity index (χ0) is 18.1. The van der Waals surface area contributed by atoms with Gasteiger partial charge in [-0.3, -0.25) is 4.79 Å². The third-order valence-corrected chi connectivity index (χ3v) is 4.97. The van der Waals surface area contributed by atoms with Crippen LogP contribution in [0.1, 0.15) is 16.3 Å². The summed E-state index contributed by atoms with van der Waals surface area (Å²) in [6, 6.07) is 11.8. The summed E-state index contributed by atoms with van der Waals surface area (Å²) in [7, 11) is 0. The molecule has 0 saturated heterocycles. The van der Waals surface area contributed by atoms with Gasteiger partial charge in [0.1, 0.15) is 5.65 Å². The summed E-state index contributed by atoms with van der Waals surface area (Å²) in [5.41, 5.74) is 5.60. The fourth-order valence-electron chi connectivity index (χ4n) is 2.88. The van der Waals surface area contributed by atoms with Crippen molar-refractivity contribution in [1.82, 2.24) is 14.4 Å². The molecule has 26 heavy (non-hydrogen) atoms. The van der Waals surface area contributed by atoms with Crippen LogP contribution in [-0.4, -0.2) is 20.3 Å². The Labute approximate surface area is 155 Å². The first-order valence-electron chi connectivity index (χ1n) is 8.34. The number of nitrogens with zero attached hydrogens (tertiary/aromatic N) is 3. The molecular formula is C20H18N4OS. The minimum absolute atomic E-state index is 0.0635. The van der Waals surface area contributed by atoms with Crippen LogP contribution in [0, 0.1) is 13.8 Å². The molecule has 0 radical (unpaired) electrons. The molecule has 6 heteroatoms. The van der Waals surface area contributed by atoms with Gasteiger partial charge in [-0.2, -0.15) is 0 Å². The molecule has 0 saturated carbocycles. The van der Waals surface area contributed by atoms with E-state index in [0.29, 0.717) is 0 Å². The quantitative estimate of drug-likeness (QED) is 0.590. The minimum Gasteiger partial charge on any atom is -0.326 e. The number of aryl methyl sites for hydroxylation is 2. The molecule has 0 aliphatic carbocycles. The van der Waals surface area contributed by atoms with Crippen LogP contribution in [0.2, 0.25) is 0 Å². The third-order valence-electron chi connectivity index (χ3n) is 4.15. The van der Waals surface area contributed by atoms with Crippen LogP contribution in [0.15, 0.2) is 54.2 Å². The van der Waals surface area contributed by atoms with Gasteiger partial charge in [0, 0.05) is 29.0 Å². The second-order valence-corrected chi connectivity index (χ2v) is 7.27. The van der Waals surface area contributed by atoms with Crippen molar-refractivity contribution >= 4 is 28.6 Å². The molecule has 5 nitrogen and oxygen atoms in total. The van der Waals surface area contributed by atoms with Gasteiger partial charge in [-0.05, 0) is 37.6 Å². The molecule has 0 aliphatic heterocycles. The fraction of sp³-hybridized carbons (Fsp3) is 0.150. The highest BCUT2D eigenvalue weighted by Gasteiger charge is 2.09. The van der Waals surface area contributed by atoms with Crippen LogP contribution in [0.25, 0.3) is 16.9 Å². The molecule has 3 aromatic heterocycles. The van der Waals surface area contributed by atoms with Gasteiger partial charge < -0.3 is 9.72 Å². The maximum Gasteiger partial charge on any atom is 0.230 e. The van der Waals surface area contributed by atoms with Crippen molar-refractivity contribution in [3.8, 4) is 11.3 Å². The normalized spacial score (nSPS) is 11.0. The maximum atomic E-state index is 12.1. The lowest BCUT2D eigenvalue weighted by atomic mass is 10.1. The highest BCUT2D eigenvalue weighted by atomic mass is 32.1. The predicted molar refractivity (Wildman–Crippen MR) is 105 cm³/mol. The summed E-state index contributed by atoms with van der Waals surface area (Å²) in [5, 5.41) is 5.81. The zero-order valence-electron chi connectivity index (χ0n) is 14.6. The zero-order valence-corrected chi connectivity index (χ0v) is 15.4. The van der Waals surface area contributed by atoms with Gasteiger partial charge in [0.05, 0.1) is 22.8 Å². The Bertz CT molecular complexity index is 1080. The van der Waals surface area contributed by atoms with Crippen molar-refractivity contribution in [1.29, 1.82) is 0 Å². The first-order chi connectivity index (χ1) is 12.6. The Morgan fingerprint density at radius 2 is 1.96 bits per heavy atom. The van der Waals surface area contributed by atoms with Crippen LogP contribution in [0.3, 0.4) is 0 Å². The number of hydrogen-bond acceptors (Lipinski definition) is 4. The Morgan fingerprint density at radius 1 is 1.15 bits per heavy atom. The van der Waals surface area contributed by atoms with Gasteiger partial charge in [-0.1, -0.05) is 18.2 Å². The number of anilines is 1. The van der Waals surface area contributed by atoms with Crippen molar-refractivity contribution in [3.05, 3.63) is 70.4 Å². The molecule has 1 amide bonds. The molecule has 4 aromatic rings. The number of thiazole rings is 1. The van der Waals surface area contributed by atoms with Gasteiger partial charge in [-0.15, -0.1) is 11.3 Å². The third kappa shape index (κ3) is 3.36. The summed E-state index contributed by atoms with van der Waals surface area (Å²) in [4.78, 5) is 21.2. The molecule has 0 bridgehead atoms. The smallest absolute Gasteiger partial charge is 0.230 e. The number of nitrogens with one attached hydrogen (secondary N) is 1. The van der Waals surface area contributed by atoms with Gasteiger partial charge in [0.15, 0.2) is 0 Å². The number of carbonyl (C=O) groups is 1. The lowest BCUT2D eigenvalue weighted by molar-refractivity contribution is -0.115. The SMILES string of the molecule is Cc1nc(CC(=O)Nc2ccc(-c3cn4cccc(C)c4n3)cc2)cs1. The van der Waals surface area contributed by atoms with Crippen molar-refractivity contribution < 1.29 is 4.79 Å². The number of amides is 1. The number of fused-ring (bicyclic) bond motifs is 1. The summed E-state index contributed by atoms with van der Waals surface area (Å²) in [5.74, 6) is -0.0635. The molecule has 0 aliphatic rings. The maximum absolute atomic E-state index is 12.1. The van der Waals surface area contributed by atoms with E-state index in [0.717, 1.165) is 38.9 Å². The number of aromatic nitrogens is 3. The molecule has 0 unspecified atom stereocenters. The van der Waals surface area contributed by atoms with Crippen LogP contribution in [0.5, 0.6) is 0 Å². The van der Waals surface area contributed by atoms with Crippen LogP contribution in [-0.2, 0) is 11.2 Å². The average molecular weight is 362 g/mol. The number of hydrogen-bond donors (Lipinski definition) is 1. The Morgan fingerprint density at radius 3 is 2.65 bits per heavy atom. The Kier molecular flexibility index (Phi) is 4.26. The summed E-state index contributed by atoms with van der Waals surface area (Å²) in [6.07, 6.45) is 4.30. The molecular weight excluding hydrogens is 344 g/mol. The molecule has 4 rings (SSSR count). The highest BCUT2D eigenvalue weighted by Crippen LogP contribution is 2.22. The van der Waals surface area contributed by atoms with E-state index < -0.39 is 0 Å². The van der Waals surface area contributed by atoms with E-state index in [9.17, 15) is 4.79 Å². The van der Waals surface area contributed by atoms with Crippen LogP contribution in [0.4, 0.5) is 5.69 Å². The number of benzene rings is 1. The van der Waals surface area contributed by atoms with Gasteiger partial charge in [-0.25, -0.2) is 9.97 Å².